The number of carbonyl (C=O) groups excluding carboxylic acids is 1. The molecule has 1 aliphatic rings. The lowest BCUT2D eigenvalue weighted by Gasteiger charge is -2.17. The lowest BCUT2D eigenvalue weighted by atomic mass is 10.1. The van der Waals surface area contributed by atoms with Crippen molar-refractivity contribution in [2.45, 2.75) is 12.8 Å². The molecule has 0 unspecified atom stereocenters. The van der Waals surface area contributed by atoms with Gasteiger partial charge in [0.1, 0.15) is 11.5 Å². The molecular formula is C12H12O3. The first-order valence-corrected chi connectivity index (χ1v) is 4.89. The van der Waals surface area contributed by atoms with Crippen molar-refractivity contribution < 1.29 is 14.3 Å². The quantitative estimate of drug-likeness (QED) is 0.420. The predicted molar refractivity (Wildman–Crippen MR) is 56.1 cm³/mol. The van der Waals surface area contributed by atoms with E-state index in [-0.39, 0.29) is 0 Å². The van der Waals surface area contributed by atoms with Gasteiger partial charge in [0.25, 0.3) is 0 Å². The first-order valence-electron chi connectivity index (χ1n) is 4.89. The molecule has 1 aromatic carbocycles. The number of benzene rings is 1. The number of esters is 1. The molecule has 1 aliphatic heterocycles. The average Bonchev–Trinajstić information content (AvgIpc) is 2.29. The Morgan fingerprint density at radius 1 is 1.53 bits per heavy atom. The Hall–Kier alpha value is -1.77. The summed E-state index contributed by atoms with van der Waals surface area (Å²) in [6.07, 6.45) is 3.12. The lowest BCUT2D eigenvalue weighted by molar-refractivity contribution is -0.128. The van der Waals surface area contributed by atoms with Crippen LogP contribution in [0.5, 0.6) is 11.5 Å². The van der Waals surface area contributed by atoms with Crippen LogP contribution >= 0.6 is 0 Å². The fourth-order valence-corrected chi connectivity index (χ4v) is 1.56. The number of aryl methyl sites for hydroxylation is 1. The summed E-state index contributed by atoms with van der Waals surface area (Å²) < 4.78 is 10.5. The molecule has 0 aliphatic carbocycles. The first-order chi connectivity index (χ1) is 7.29. The summed E-state index contributed by atoms with van der Waals surface area (Å²) in [5.41, 5.74) is 1.09. The van der Waals surface area contributed by atoms with Crippen molar-refractivity contribution in [2.75, 3.05) is 6.61 Å². The number of rotatable bonds is 2. The third-order valence-electron chi connectivity index (χ3n) is 2.27. The van der Waals surface area contributed by atoms with Gasteiger partial charge in [0.15, 0.2) is 0 Å². The fraction of sp³-hybridized carbons (Fsp3) is 0.250. The van der Waals surface area contributed by atoms with Crippen molar-refractivity contribution in [3.63, 3.8) is 0 Å². The lowest BCUT2D eigenvalue weighted by Crippen LogP contribution is -2.09. The van der Waals surface area contributed by atoms with Gasteiger partial charge >= 0.3 is 5.97 Å². The highest BCUT2D eigenvalue weighted by molar-refractivity contribution is 5.83. The van der Waals surface area contributed by atoms with Gasteiger partial charge in [-0.3, -0.25) is 0 Å². The molecule has 0 amide bonds. The number of hydrogen-bond donors (Lipinski definition) is 0. The standard InChI is InChI=1S/C12H12O3/c1-2-12(13)15-10-5-6-11-9(8-10)4-3-7-14-11/h2,5-6,8H,1,3-4,7H2. The summed E-state index contributed by atoms with van der Waals surface area (Å²) in [6, 6.07) is 5.40. The molecule has 15 heavy (non-hydrogen) atoms. The normalized spacial score (nSPS) is 13.6. The zero-order valence-corrected chi connectivity index (χ0v) is 8.36. The second-order valence-corrected chi connectivity index (χ2v) is 3.35. The minimum atomic E-state index is -0.438. The largest absolute Gasteiger partial charge is 0.493 e. The highest BCUT2D eigenvalue weighted by atomic mass is 16.5. The number of hydrogen-bond acceptors (Lipinski definition) is 3. The maximum Gasteiger partial charge on any atom is 0.335 e. The van der Waals surface area contributed by atoms with Crippen LogP contribution in [-0.4, -0.2) is 12.6 Å². The van der Waals surface area contributed by atoms with E-state index in [2.05, 4.69) is 6.58 Å². The topological polar surface area (TPSA) is 35.5 Å². The van der Waals surface area contributed by atoms with Gasteiger partial charge in [0.2, 0.25) is 0 Å². The van der Waals surface area contributed by atoms with Crippen LogP contribution in [0.25, 0.3) is 0 Å². The summed E-state index contributed by atoms with van der Waals surface area (Å²) in [5, 5.41) is 0. The molecule has 1 heterocycles. The van der Waals surface area contributed by atoms with E-state index < -0.39 is 5.97 Å². The van der Waals surface area contributed by atoms with Gasteiger partial charge in [-0.15, -0.1) is 0 Å². The van der Waals surface area contributed by atoms with E-state index in [9.17, 15) is 4.79 Å². The van der Waals surface area contributed by atoms with Gasteiger partial charge in [-0.05, 0) is 36.6 Å². The van der Waals surface area contributed by atoms with E-state index in [1.165, 1.54) is 0 Å². The van der Waals surface area contributed by atoms with Crippen molar-refractivity contribution in [1.82, 2.24) is 0 Å². The van der Waals surface area contributed by atoms with Crippen molar-refractivity contribution in [1.29, 1.82) is 0 Å². The molecule has 0 fully saturated rings. The monoisotopic (exact) mass is 204 g/mol. The molecule has 3 nitrogen and oxygen atoms in total. The third kappa shape index (κ3) is 2.18. The predicted octanol–water partition coefficient (Wildman–Crippen LogP) is 2.10. The van der Waals surface area contributed by atoms with Gasteiger partial charge < -0.3 is 9.47 Å². The number of fused-ring (bicyclic) bond motifs is 1. The van der Waals surface area contributed by atoms with Gasteiger partial charge in [-0.1, -0.05) is 6.58 Å². The molecule has 0 saturated heterocycles. The molecular weight excluding hydrogens is 192 g/mol. The Morgan fingerprint density at radius 2 is 2.40 bits per heavy atom. The smallest absolute Gasteiger partial charge is 0.335 e. The van der Waals surface area contributed by atoms with Crippen LogP contribution in [0.15, 0.2) is 30.9 Å². The van der Waals surface area contributed by atoms with Crippen LogP contribution in [0.1, 0.15) is 12.0 Å². The number of carbonyl (C=O) groups is 1. The van der Waals surface area contributed by atoms with Crippen LogP contribution < -0.4 is 9.47 Å². The summed E-state index contributed by atoms with van der Waals surface area (Å²) in [6.45, 7) is 4.11. The van der Waals surface area contributed by atoms with Gasteiger partial charge in [0, 0.05) is 6.08 Å². The maximum atomic E-state index is 11.0. The van der Waals surface area contributed by atoms with Gasteiger partial charge in [-0.2, -0.15) is 0 Å². The molecule has 0 atom stereocenters. The molecule has 0 bridgehead atoms. The number of ether oxygens (including phenoxy) is 2. The van der Waals surface area contributed by atoms with Crippen LogP contribution in [0, 0.1) is 0 Å². The Kier molecular flexibility index (Phi) is 2.72. The van der Waals surface area contributed by atoms with E-state index >= 15 is 0 Å². The van der Waals surface area contributed by atoms with E-state index in [0.29, 0.717) is 5.75 Å². The van der Waals surface area contributed by atoms with Crippen molar-refractivity contribution in [3.8, 4) is 11.5 Å². The molecule has 0 N–H and O–H groups in total. The van der Waals surface area contributed by atoms with Crippen LogP contribution in [-0.2, 0) is 11.2 Å². The zero-order valence-electron chi connectivity index (χ0n) is 8.36. The summed E-state index contributed by atoms with van der Waals surface area (Å²) >= 11 is 0. The van der Waals surface area contributed by atoms with E-state index in [0.717, 1.165) is 36.8 Å². The molecule has 2 rings (SSSR count). The van der Waals surface area contributed by atoms with Crippen molar-refractivity contribution in [3.05, 3.63) is 36.4 Å². The van der Waals surface area contributed by atoms with Crippen LogP contribution in [0.4, 0.5) is 0 Å². The first kappa shape index (κ1) is 9.77. The summed E-state index contributed by atoms with van der Waals surface area (Å²) in [4.78, 5) is 11.0. The molecule has 0 spiro atoms. The molecule has 3 heteroatoms. The molecule has 0 saturated carbocycles. The molecule has 0 aromatic heterocycles. The van der Waals surface area contributed by atoms with E-state index in [4.69, 9.17) is 9.47 Å². The Morgan fingerprint density at radius 3 is 3.20 bits per heavy atom. The zero-order chi connectivity index (χ0) is 10.7. The highest BCUT2D eigenvalue weighted by Crippen LogP contribution is 2.28. The molecule has 0 radical (unpaired) electrons. The van der Waals surface area contributed by atoms with Crippen molar-refractivity contribution >= 4 is 5.97 Å². The Balaban J connectivity index is 2.20. The minimum Gasteiger partial charge on any atom is -0.493 e. The van der Waals surface area contributed by atoms with E-state index in [1.807, 2.05) is 12.1 Å². The second-order valence-electron chi connectivity index (χ2n) is 3.35. The van der Waals surface area contributed by atoms with Gasteiger partial charge in [-0.25, -0.2) is 4.79 Å². The maximum absolute atomic E-state index is 11.0. The Bertz CT molecular complexity index is 396. The average molecular weight is 204 g/mol. The van der Waals surface area contributed by atoms with Crippen LogP contribution in [0.3, 0.4) is 0 Å². The molecule has 78 valence electrons. The summed E-state index contributed by atoms with van der Waals surface area (Å²) in [5.74, 6) is 0.996. The highest BCUT2D eigenvalue weighted by Gasteiger charge is 2.11. The second kappa shape index (κ2) is 4.17. The minimum absolute atomic E-state index is 0.438. The van der Waals surface area contributed by atoms with E-state index in [1.54, 1.807) is 6.07 Å². The third-order valence-corrected chi connectivity index (χ3v) is 2.27. The fourth-order valence-electron chi connectivity index (χ4n) is 1.56. The Labute approximate surface area is 88.3 Å². The SMILES string of the molecule is C=CC(=O)Oc1ccc2c(c1)CCCO2. The van der Waals surface area contributed by atoms with Gasteiger partial charge in [0.05, 0.1) is 6.61 Å². The summed E-state index contributed by atoms with van der Waals surface area (Å²) in [7, 11) is 0. The van der Waals surface area contributed by atoms with Crippen LogP contribution in [0.2, 0.25) is 0 Å². The van der Waals surface area contributed by atoms with Crippen molar-refractivity contribution in [2.24, 2.45) is 0 Å². The molecule has 1 aromatic rings.